The molecule has 0 aliphatic carbocycles. The van der Waals surface area contributed by atoms with Gasteiger partial charge in [-0.05, 0) is 34.0 Å². The third-order valence-corrected chi connectivity index (χ3v) is 3.13. The average molecular weight is 238 g/mol. The second-order valence-electron chi connectivity index (χ2n) is 4.46. The first kappa shape index (κ1) is 11.0. The zero-order chi connectivity index (χ0) is 12.5. The summed E-state index contributed by atoms with van der Waals surface area (Å²) in [5, 5.41) is 15.6. The van der Waals surface area contributed by atoms with Crippen molar-refractivity contribution in [2.45, 2.75) is 6.61 Å². The van der Waals surface area contributed by atoms with Gasteiger partial charge in [0.05, 0.1) is 12.8 Å². The van der Waals surface area contributed by atoms with Gasteiger partial charge in [-0.3, -0.25) is 4.68 Å². The third kappa shape index (κ3) is 1.89. The lowest BCUT2D eigenvalue weighted by molar-refractivity contribution is 0.282. The number of fused-ring (bicyclic) bond motifs is 1. The van der Waals surface area contributed by atoms with Crippen molar-refractivity contribution in [2.75, 3.05) is 0 Å². The van der Waals surface area contributed by atoms with Gasteiger partial charge in [-0.25, -0.2) is 0 Å². The van der Waals surface area contributed by atoms with Crippen molar-refractivity contribution < 1.29 is 5.11 Å². The molecule has 0 aliphatic rings. The van der Waals surface area contributed by atoms with Gasteiger partial charge >= 0.3 is 0 Å². The molecule has 3 rings (SSSR count). The van der Waals surface area contributed by atoms with Gasteiger partial charge in [-0.2, -0.15) is 5.10 Å². The van der Waals surface area contributed by atoms with Gasteiger partial charge in [0.2, 0.25) is 0 Å². The van der Waals surface area contributed by atoms with Gasteiger partial charge in [-0.15, -0.1) is 0 Å². The Hall–Kier alpha value is -2.13. The molecule has 3 aromatic rings. The van der Waals surface area contributed by atoms with E-state index in [1.165, 1.54) is 5.39 Å². The van der Waals surface area contributed by atoms with E-state index in [9.17, 15) is 0 Å². The van der Waals surface area contributed by atoms with Crippen LogP contribution in [0.2, 0.25) is 0 Å². The predicted octanol–water partition coefficient (Wildman–Crippen LogP) is 2.73. The molecule has 3 nitrogen and oxygen atoms in total. The lowest BCUT2D eigenvalue weighted by atomic mass is 10.0. The number of aliphatic hydroxyl groups excluding tert-OH is 1. The summed E-state index contributed by atoms with van der Waals surface area (Å²) in [5.41, 5.74) is 3.22. The topological polar surface area (TPSA) is 38.0 Å². The van der Waals surface area contributed by atoms with Crippen LogP contribution in [-0.2, 0) is 13.7 Å². The Morgan fingerprint density at radius 2 is 1.83 bits per heavy atom. The largest absolute Gasteiger partial charge is 0.392 e. The molecule has 3 heteroatoms. The second kappa shape index (κ2) is 4.27. The van der Waals surface area contributed by atoms with Crippen molar-refractivity contribution in [1.82, 2.24) is 9.78 Å². The predicted molar refractivity (Wildman–Crippen MR) is 72.1 cm³/mol. The fourth-order valence-electron chi connectivity index (χ4n) is 2.14. The number of aromatic nitrogens is 2. The Balaban J connectivity index is 2.11. The molecular weight excluding hydrogens is 224 g/mol. The molecule has 18 heavy (non-hydrogen) atoms. The molecule has 2 aromatic carbocycles. The summed E-state index contributed by atoms with van der Waals surface area (Å²) in [5.74, 6) is 0. The SMILES string of the molecule is Cn1cc(-c2ccc3cc(CO)ccc3c2)cn1. The Labute approximate surface area is 105 Å². The van der Waals surface area contributed by atoms with Gasteiger partial charge in [0.25, 0.3) is 0 Å². The Morgan fingerprint density at radius 3 is 2.56 bits per heavy atom. The molecule has 0 bridgehead atoms. The first-order valence-corrected chi connectivity index (χ1v) is 5.89. The molecule has 0 amide bonds. The number of hydrogen-bond acceptors (Lipinski definition) is 2. The number of aliphatic hydroxyl groups is 1. The lowest BCUT2D eigenvalue weighted by Crippen LogP contribution is -1.84. The van der Waals surface area contributed by atoms with E-state index in [2.05, 4.69) is 23.3 Å². The van der Waals surface area contributed by atoms with Crippen molar-refractivity contribution in [2.24, 2.45) is 7.05 Å². The Morgan fingerprint density at radius 1 is 1.06 bits per heavy atom. The minimum absolute atomic E-state index is 0.0836. The molecule has 0 unspecified atom stereocenters. The summed E-state index contributed by atoms with van der Waals surface area (Å²) < 4.78 is 1.80. The Kier molecular flexibility index (Phi) is 2.61. The highest BCUT2D eigenvalue weighted by Gasteiger charge is 2.02. The first-order chi connectivity index (χ1) is 8.76. The summed E-state index contributed by atoms with van der Waals surface area (Å²) >= 11 is 0. The van der Waals surface area contributed by atoms with E-state index in [4.69, 9.17) is 5.11 Å². The monoisotopic (exact) mass is 238 g/mol. The summed E-state index contributed by atoms with van der Waals surface area (Å²) in [6.45, 7) is 0.0836. The molecule has 0 saturated carbocycles. The molecule has 1 heterocycles. The molecule has 0 atom stereocenters. The zero-order valence-electron chi connectivity index (χ0n) is 10.2. The van der Waals surface area contributed by atoms with Gasteiger partial charge in [0.15, 0.2) is 0 Å². The third-order valence-electron chi connectivity index (χ3n) is 3.13. The van der Waals surface area contributed by atoms with E-state index in [0.29, 0.717) is 0 Å². The van der Waals surface area contributed by atoms with Crippen molar-refractivity contribution >= 4 is 10.8 Å². The summed E-state index contributed by atoms with van der Waals surface area (Å²) in [6.07, 6.45) is 3.87. The normalized spacial score (nSPS) is 11.0. The summed E-state index contributed by atoms with van der Waals surface area (Å²) in [7, 11) is 1.91. The number of nitrogens with zero attached hydrogens (tertiary/aromatic N) is 2. The van der Waals surface area contributed by atoms with Crippen LogP contribution in [-0.4, -0.2) is 14.9 Å². The maximum absolute atomic E-state index is 9.12. The minimum atomic E-state index is 0.0836. The summed E-state index contributed by atoms with van der Waals surface area (Å²) in [4.78, 5) is 0. The van der Waals surface area contributed by atoms with Gasteiger partial charge < -0.3 is 5.11 Å². The molecule has 0 radical (unpaired) electrons. The van der Waals surface area contributed by atoms with E-state index in [1.807, 2.05) is 37.6 Å². The van der Waals surface area contributed by atoms with Crippen LogP contribution in [0.4, 0.5) is 0 Å². The van der Waals surface area contributed by atoms with Crippen LogP contribution in [0.25, 0.3) is 21.9 Å². The van der Waals surface area contributed by atoms with Crippen molar-refractivity contribution in [3.63, 3.8) is 0 Å². The van der Waals surface area contributed by atoms with Crippen molar-refractivity contribution in [3.05, 3.63) is 54.4 Å². The van der Waals surface area contributed by atoms with Crippen LogP contribution >= 0.6 is 0 Å². The van der Waals surface area contributed by atoms with Crippen LogP contribution < -0.4 is 0 Å². The number of aryl methyl sites for hydroxylation is 1. The minimum Gasteiger partial charge on any atom is -0.392 e. The molecule has 1 N–H and O–H groups in total. The van der Waals surface area contributed by atoms with Crippen LogP contribution in [0.15, 0.2) is 48.8 Å². The van der Waals surface area contributed by atoms with Crippen molar-refractivity contribution in [3.8, 4) is 11.1 Å². The van der Waals surface area contributed by atoms with E-state index < -0.39 is 0 Å². The van der Waals surface area contributed by atoms with Gasteiger partial charge in [-0.1, -0.05) is 24.3 Å². The van der Waals surface area contributed by atoms with Crippen molar-refractivity contribution in [1.29, 1.82) is 0 Å². The average Bonchev–Trinajstić information content (AvgIpc) is 2.84. The zero-order valence-corrected chi connectivity index (χ0v) is 10.2. The van der Waals surface area contributed by atoms with Crippen LogP contribution in [0, 0.1) is 0 Å². The highest BCUT2D eigenvalue weighted by molar-refractivity contribution is 5.87. The fourth-order valence-corrected chi connectivity index (χ4v) is 2.14. The number of hydrogen-bond donors (Lipinski definition) is 1. The molecule has 0 spiro atoms. The molecular formula is C15H14N2O. The maximum atomic E-state index is 9.12. The van der Waals surface area contributed by atoms with E-state index in [0.717, 1.165) is 22.1 Å². The summed E-state index contributed by atoms with van der Waals surface area (Å²) in [6, 6.07) is 12.3. The maximum Gasteiger partial charge on any atom is 0.0682 e. The smallest absolute Gasteiger partial charge is 0.0682 e. The quantitative estimate of drug-likeness (QED) is 0.745. The second-order valence-corrected chi connectivity index (χ2v) is 4.46. The van der Waals surface area contributed by atoms with Crippen LogP contribution in [0.3, 0.4) is 0 Å². The Bertz CT molecular complexity index is 701. The highest BCUT2D eigenvalue weighted by Crippen LogP contribution is 2.24. The standard InChI is InChI=1S/C15H14N2O/c1-17-9-15(8-16-17)14-5-4-12-6-11(10-18)2-3-13(12)7-14/h2-9,18H,10H2,1H3. The molecule has 0 aliphatic heterocycles. The first-order valence-electron chi connectivity index (χ1n) is 5.89. The van der Waals surface area contributed by atoms with E-state index in [1.54, 1.807) is 4.68 Å². The molecule has 0 saturated heterocycles. The molecule has 1 aromatic heterocycles. The van der Waals surface area contributed by atoms with E-state index in [-0.39, 0.29) is 6.61 Å². The van der Waals surface area contributed by atoms with Gasteiger partial charge in [0.1, 0.15) is 0 Å². The highest BCUT2D eigenvalue weighted by atomic mass is 16.3. The van der Waals surface area contributed by atoms with E-state index >= 15 is 0 Å². The van der Waals surface area contributed by atoms with Crippen LogP contribution in [0.5, 0.6) is 0 Å². The number of benzene rings is 2. The lowest BCUT2D eigenvalue weighted by Gasteiger charge is -2.03. The number of rotatable bonds is 2. The van der Waals surface area contributed by atoms with Crippen LogP contribution in [0.1, 0.15) is 5.56 Å². The fraction of sp³-hybridized carbons (Fsp3) is 0.133. The molecule has 90 valence electrons. The molecule has 0 fully saturated rings. The van der Waals surface area contributed by atoms with Gasteiger partial charge in [0, 0.05) is 18.8 Å².